The molecule has 4 rings (SSSR count). The van der Waals surface area contributed by atoms with Gasteiger partial charge in [-0.05, 0) is 13.0 Å². The first-order valence-corrected chi connectivity index (χ1v) is 10.2. The lowest BCUT2D eigenvalue weighted by atomic mass is 10.2. The van der Waals surface area contributed by atoms with Gasteiger partial charge in [-0.3, -0.25) is 14.9 Å². The minimum absolute atomic E-state index is 0.000809. The summed E-state index contributed by atoms with van der Waals surface area (Å²) in [7, 11) is 0. The van der Waals surface area contributed by atoms with Gasteiger partial charge in [-0.2, -0.15) is 0 Å². The Balaban J connectivity index is 1.45. The van der Waals surface area contributed by atoms with Gasteiger partial charge in [0.25, 0.3) is 11.6 Å². The Morgan fingerprint density at radius 1 is 1.07 bits per heavy atom. The van der Waals surface area contributed by atoms with Crippen molar-refractivity contribution in [3.05, 3.63) is 75.3 Å². The highest BCUT2D eigenvalue weighted by Crippen LogP contribution is 2.29. The third-order valence-electron chi connectivity index (χ3n) is 4.98. The summed E-state index contributed by atoms with van der Waals surface area (Å²) >= 11 is 1.43. The fourth-order valence-electron chi connectivity index (χ4n) is 3.41. The second-order valence-corrected chi connectivity index (χ2v) is 7.85. The monoisotopic (exact) mass is 408 g/mol. The smallest absolute Gasteiger partial charge is 0.271 e. The van der Waals surface area contributed by atoms with Gasteiger partial charge in [0.15, 0.2) is 0 Å². The van der Waals surface area contributed by atoms with Gasteiger partial charge in [0.05, 0.1) is 10.6 Å². The molecule has 0 bridgehead atoms. The molecule has 3 aromatic rings. The molecule has 8 heteroatoms. The van der Waals surface area contributed by atoms with Crippen molar-refractivity contribution in [3.63, 3.8) is 0 Å². The molecule has 1 amide bonds. The van der Waals surface area contributed by atoms with Crippen LogP contribution in [0.15, 0.2) is 54.6 Å². The first-order valence-electron chi connectivity index (χ1n) is 9.34. The van der Waals surface area contributed by atoms with Crippen LogP contribution in [0.2, 0.25) is 0 Å². The maximum atomic E-state index is 13.0. The molecule has 0 atom stereocenters. The van der Waals surface area contributed by atoms with Crippen LogP contribution >= 0.6 is 11.3 Å². The van der Waals surface area contributed by atoms with Gasteiger partial charge in [-0.15, -0.1) is 11.3 Å². The Morgan fingerprint density at radius 3 is 2.48 bits per heavy atom. The number of aromatic nitrogens is 1. The highest BCUT2D eigenvalue weighted by molar-refractivity contribution is 7.17. The predicted molar refractivity (Wildman–Crippen MR) is 113 cm³/mol. The van der Waals surface area contributed by atoms with Gasteiger partial charge >= 0.3 is 0 Å². The number of anilines is 1. The number of nitro benzene ring substituents is 1. The average Bonchev–Trinajstić information content (AvgIpc) is 3.15. The van der Waals surface area contributed by atoms with E-state index in [1.165, 1.54) is 17.4 Å². The fraction of sp³-hybridized carbons (Fsp3) is 0.238. The zero-order chi connectivity index (χ0) is 20.4. The SMILES string of the molecule is Cc1nc(-c2ccccc2)sc1C(=O)N1CCN(c2cccc([N+](=O)[O-])c2)CC1. The average molecular weight is 408 g/mol. The van der Waals surface area contributed by atoms with Gasteiger partial charge in [0, 0.05) is 49.6 Å². The number of aryl methyl sites for hydroxylation is 1. The van der Waals surface area contributed by atoms with Crippen molar-refractivity contribution in [1.82, 2.24) is 9.88 Å². The molecule has 1 aromatic heterocycles. The van der Waals surface area contributed by atoms with Gasteiger partial charge in [0.2, 0.25) is 0 Å². The zero-order valence-corrected chi connectivity index (χ0v) is 16.8. The summed E-state index contributed by atoms with van der Waals surface area (Å²) in [5.41, 5.74) is 2.65. The Kier molecular flexibility index (Phi) is 5.26. The standard InChI is InChI=1S/C21H20N4O3S/c1-15-19(29-20(22-15)16-6-3-2-4-7-16)21(26)24-12-10-23(11-13-24)17-8-5-9-18(14-17)25(27)28/h2-9,14H,10-13H2,1H3. The molecule has 1 aliphatic rings. The van der Waals surface area contributed by atoms with Crippen molar-refractivity contribution in [2.75, 3.05) is 31.1 Å². The quantitative estimate of drug-likeness (QED) is 0.482. The zero-order valence-electron chi connectivity index (χ0n) is 15.9. The summed E-state index contributed by atoms with van der Waals surface area (Å²) in [5, 5.41) is 11.8. The lowest BCUT2D eigenvalue weighted by Crippen LogP contribution is -2.48. The van der Waals surface area contributed by atoms with Gasteiger partial charge in [-0.25, -0.2) is 4.98 Å². The van der Waals surface area contributed by atoms with Gasteiger partial charge in [0.1, 0.15) is 9.88 Å². The van der Waals surface area contributed by atoms with Gasteiger partial charge in [-0.1, -0.05) is 36.4 Å². The van der Waals surface area contributed by atoms with Crippen LogP contribution in [0.1, 0.15) is 15.4 Å². The number of nitrogens with zero attached hydrogens (tertiary/aromatic N) is 4. The second-order valence-electron chi connectivity index (χ2n) is 6.86. The molecule has 0 saturated carbocycles. The maximum Gasteiger partial charge on any atom is 0.271 e. The van der Waals surface area contributed by atoms with Crippen molar-refractivity contribution in [1.29, 1.82) is 0 Å². The van der Waals surface area contributed by atoms with Crippen LogP contribution < -0.4 is 4.90 Å². The van der Waals surface area contributed by atoms with E-state index in [0.29, 0.717) is 31.1 Å². The van der Waals surface area contributed by atoms with Gasteiger partial charge < -0.3 is 9.80 Å². The molecular formula is C21H20N4O3S. The van der Waals surface area contributed by atoms with E-state index >= 15 is 0 Å². The molecule has 0 spiro atoms. The van der Waals surface area contributed by atoms with Crippen LogP contribution in [0.4, 0.5) is 11.4 Å². The number of piperazine rings is 1. The van der Waals surface area contributed by atoms with Crippen molar-refractivity contribution < 1.29 is 9.72 Å². The minimum Gasteiger partial charge on any atom is -0.368 e. The van der Waals surface area contributed by atoms with Crippen molar-refractivity contribution in [3.8, 4) is 10.6 Å². The number of thiazole rings is 1. The Morgan fingerprint density at radius 2 is 1.79 bits per heavy atom. The van der Waals surface area contributed by atoms with E-state index in [2.05, 4.69) is 9.88 Å². The third kappa shape index (κ3) is 3.97. The van der Waals surface area contributed by atoms with Crippen molar-refractivity contribution in [2.45, 2.75) is 6.92 Å². The Hall–Kier alpha value is -3.26. The molecule has 1 saturated heterocycles. The number of hydrogen-bond acceptors (Lipinski definition) is 6. The first kappa shape index (κ1) is 19.1. The first-order chi connectivity index (χ1) is 14.0. The molecule has 2 aromatic carbocycles. The van der Waals surface area contributed by atoms with Crippen LogP contribution in [0, 0.1) is 17.0 Å². The summed E-state index contributed by atoms with van der Waals surface area (Å²) in [4.78, 5) is 32.8. The van der Waals surface area contributed by atoms with E-state index < -0.39 is 0 Å². The minimum atomic E-state index is -0.389. The van der Waals surface area contributed by atoms with Crippen LogP contribution in [-0.2, 0) is 0 Å². The summed E-state index contributed by atoms with van der Waals surface area (Å²) in [6, 6.07) is 16.5. The van der Waals surface area contributed by atoms with E-state index in [-0.39, 0.29) is 16.5 Å². The third-order valence-corrected chi connectivity index (χ3v) is 6.18. The fourth-order valence-corrected chi connectivity index (χ4v) is 4.45. The molecule has 0 aliphatic carbocycles. The summed E-state index contributed by atoms with van der Waals surface area (Å²) < 4.78 is 0. The van der Waals surface area contributed by atoms with Crippen LogP contribution in [-0.4, -0.2) is 46.9 Å². The lowest BCUT2D eigenvalue weighted by Gasteiger charge is -2.35. The normalized spacial score (nSPS) is 14.1. The molecule has 2 heterocycles. The predicted octanol–water partition coefficient (Wildman–Crippen LogP) is 3.99. The van der Waals surface area contributed by atoms with Crippen molar-refractivity contribution in [2.24, 2.45) is 0 Å². The molecule has 0 radical (unpaired) electrons. The number of benzene rings is 2. The molecule has 1 fully saturated rings. The van der Waals surface area contributed by atoms with Crippen LogP contribution in [0.5, 0.6) is 0 Å². The van der Waals surface area contributed by atoms with Crippen LogP contribution in [0.25, 0.3) is 10.6 Å². The number of hydrogen-bond donors (Lipinski definition) is 0. The van der Waals surface area contributed by atoms with Crippen molar-refractivity contribution >= 4 is 28.6 Å². The highest BCUT2D eigenvalue weighted by Gasteiger charge is 2.26. The summed E-state index contributed by atoms with van der Waals surface area (Å²) in [6.07, 6.45) is 0. The van der Waals surface area contributed by atoms with E-state index in [4.69, 9.17) is 0 Å². The molecule has 7 nitrogen and oxygen atoms in total. The summed E-state index contributed by atoms with van der Waals surface area (Å²) in [5.74, 6) is 0.000809. The Bertz CT molecular complexity index is 1040. The summed E-state index contributed by atoms with van der Waals surface area (Å²) in [6.45, 7) is 4.28. The number of carbonyl (C=O) groups excluding carboxylic acids is 1. The molecule has 1 aliphatic heterocycles. The van der Waals surface area contributed by atoms with Crippen LogP contribution in [0.3, 0.4) is 0 Å². The second kappa shape index (κ2) is 8.00. The number of nitro groups is 1. The number of amides is 1. The topological polar surface area (TPSA) is 79.6 Å². The lowest BCUT2D eigenvalue weighted by molar-refractivity contribution is -0.384. The number of rotatable bonds is 4. The molecule has 0 unspecified atom stereocenters. The van der Waals surface area contributed by atoms with E-state index in [9.17, 15) is 14.9 Å². The van der Waals surface area contributed by atoms with E-state index in [1.807, 2.05) is 48.2 Å². The molecule has 0 N–H and O–H groups in total. The number of non-ortho nitro benzene ring substituents is 1. The largest absolute Gasteiger partial charge is 0.368 e. The van der Waals surface area contributed by atoms with E-state index in [0.717, 1.165) is 22.0 Å². The van der Waals surface area contributed by atoms with E-state index in [1.54, 1.807) is 12.1 Å². The highest BCUT2D eigenvalue weighted by atomic mass is 32.1. The number of carbonyl (C=O) groups is 1. The maximum absolute atomic E-state index is 13.0. The molecule has 29 heavy (non-hydrogen) atoms. The Labute approximate surface area is 172 Å². The molecular weight excluding hydrogens is 388 g/mol. The molecule has 148 valence electrons.